The fourth-order valence-electron chi connectivity index (χ4n) is 4.49. The summed E-state index contributed by atoms with van der Waals surface area (Å²) in [6.07, 6.45) is 29.9. The molecule has 0 aliphatic rings. The van der Waals surface area contributed by atoms with Gasteiger partial charge in [-0.2, -0.15) is 0 Å². The number of hydrogen-bond donors (Lipinski definition) is 0. The van der Waals surface area contributed by atoms with E-state index in [1.807, 2.05) is 12.1 Å². The zero-order valence-corrected chi connectivity index (χ0v) is 22.0. The Balaban J connectivity index is 1.76. The zero-order chi connectivity index (χ0) is 23.8. The highest BCUT2D eigenvalue weighted by Crippen LogP contribution is 2.19. The third kappa shape index (κ3) is 19.8. The van der Waals surface area contributed by atoms with Gasteiger partial charge in [-0.05, 0) is 18.4 Å². The summed E-state index contributed by atoms with van der Waals surface area (Å²) in [5, 5.41) is 0. The Kier molecular flexibility index (Phi) is 20.1. The van der Waals surface area contributed by atoms with Crippen molar-refractivity contribution in [3.8, 4) is 0 Å². The van der Waals surface area contributed by atoms with Crippen LogP contribution in [0.25, 0.3) is 0 Å². The van der Waals surface area contributed by atoms with E-state index in [1.54, 1.807) is 12.4 Å². The quantitative estimate of drug-likeness (QED) is 0.121. The van der Waals surface area contributed by atoms with Crippen LogP contribution >= 0.6 is 0 Å². The minimum absolute atomic E-state index is 0.0874. The van der Waals surface area contributed by atoms with E-state index >= 15 is 0 Å². The number of nitrogens with zero attached hydrogens (tertiary/aromatic N) is 1. The van der Waals surface area contributed by atoms with Crippen molar-refractivity contribution in [3.05, 3.63) is 30.1 Å². The molecule has 190 valence electrons. The second-order valence-electron chi connectivity index (χ2n) is 10.1. The van der Waals surface area contributed by atoms with E-state index in [-0.39, 0.29) is 5.97 Å². The molecule has 1 heterocycles. The molecule has 1 aromatic rings. The Labute approximate surface area is 205 Å². The zero-order valence-electron chi connectivity index (χ0n) is 22.0. The Morgan fingerprint density at radius 1 is 0.788 bits per heavy atom. The van der Waals surface area contributed by atoms with Crippen molar-refractivity contribution in [1.82, 2.24) is 4.98 Å². The summed E-state index contributed by atoms with van der Waals surface area (Å²) in [5.74, 6) is 0.842. The number of rotatable bonds is 23. The molecule has 0 bridgehead atoms. The Morgan fingerprint density at radius 2 is 1.30 bits per heavy atom. The van der Waals surface area contributed by atoms with E-state index in [2.05, 4.69) is 18.8 Å². The molecule has 0 aliphatic carbocycles. The van der Waals surface area contributed by atoms with E-state index in [1.165, 1.54) is 109 Å². The van der Waals surface area contributed by atoms with Gasteiger partial charge in [-0.25, -0.2) is 0 Å². The van der Waals surface area contributed by atoms with Gasteiger partial charge in [0.05, 0.1) is 0 Å². The van der Waals surface area contributed by atoms with Crippen molar-refractivity contribution >= 4 is 5.97 Å². The van der Waals surface area contributed by atoms with E-state index in [0.717, 1.165) is 24.3 Å². The highest BCUT2D eigenvalue weighted by molar-refractivity contribution is 5.69. The number of esters is 1. The van der Waals surface area contributed by atoms with E-state index in [0.29, 0.717) is 13.0 Å². The van der Waals surface area contributed by atoms with Gasteiger partial charge in [-0.3, -0.25) is 9.78 Å². The molecule has 0 aliphatic heterocycles. The van der Waals surface area contributed by atoms with Crippen molar-refractivity contribution in [1.29, 1.82) is 0 Å². The third-order valence-corrected chi connectivity index (χ3v) is 6.75. The summed E-state index contributed by atoms with van der Waals surface area (Å²) in [4.78, 5) is 15.8. The molecule has 0 saturated heterocycles. The van der Waals surface area contributed by atoms with Gasteiger partial charge in [0.25, 0.3) is 0 Å². The topological polar surface area (TPSA) is 39.2 Å². The van der Waals surface area contributed by atoms with Gasteiger partial charge in [0.2, 0.25) is 0 Å². The van der Waals surface area contributed by atoms with E-state index in [9.17, 15) is 4.79 Å². The summed E-state index contributed by atoms with van der Waals surface area (Å²) in [6, 6.07) is 3.79. The number of carbonyl (C=O) groups excluding carboxylic acids is 1. The van der Waals surface area contributed by atoms with Crippen LogP contribution in [0, 0.1) is 5.92 Å². The minimum atomic E-state index is -0.0874. The Bertz CT molecular complexity index is 545. The lowest BCUT2D eigenvalue weighted by Crippen LogP contribution is -2.04. The smallest absolute Gasteiger partial charge is 0.306 e. The van der Waals surface area contributed by atoms with Crippen molar-refractivity contribution in [2.75, 3.05) is 0 Å². The van der Waals surface area contributed by atoms with Crippen LogP contribution in [0.4, 0.5) is 0 Å². The van der Waals surface area contributed by atoms with Crippen LogP contribution in [0.15, 0.2) is 24.5 Å². The monoisotopic (exact) mass is 459 g/mol. The molecule has 0 saturated carbocycles. The SMILES string of the molecule is CCCCCCCCC(C)CCCCCCCCCCCCCC(=O)OCc1cccnc1. The fraction of sp³-hybridized carbons (Fsp3) is 0.800. The van der Waals surface area contributed by atoms with Crippen LogP contribution in [0.2, 0.25) is 0 Å². The molecule has 0 N–H and O–H groups in total. The number of carbonyl (C=O) groups is 1. The second-order valence-corrected chi connectivity index (χ2v) is 10.1. The first-order valence-corrected chi connectivity index (χ1v) is 14.3. The van der Waals surface area contributed by atoms with Crippen LogP contribution in [-0.4, -0.2) is 11.0 Å². The molecule has 0 radical (unpaired) electrons. The molecule has 3 nitrogen and oxygen atoms in total. The van der Waals surface area contributed by atoms with Gasteiger partial charge < -0.3 is 4.74 Å². The van der Waals surface area contributed by atoms with Crippen molar-refractivity contribution in [2.24, 2.45) is 5.92 Å². The molecule has 0 spiro atoms. The summed E-state index contributed by atoms with van der Waals surface area (Å²) >= 11 is 0. The van der Waals surface area contributed by atoms with Gasteiger partial charge in [-0.1, -0.05) is 135 Å². The first-order valence-electron chi connectivity index (χ1n) is 14.3. The normalized spacial score (nSPS) is 12.1. The van der Waals surface area contributed by atoms with Gasteiger partial charge in [0.1, 0.15) is 6.61 Å². The summed E-state index contributed by atoms with van der Waals surface area (Å²) in [7, 11) is 0. The van der Waals surface area contributed by atoms with E-state index in [4.69, 9.17) is 4.74 Å². The van der Waals surface area contributed by atoms with Crippen LogP contribution in [0.5, 0.6) is 0 Å². The van der Waals surface area contributed by atoms with Crippen LogP contribution < -0.4 is 0 Å². The molecule has 3 heteroatoms. The molecule has 1 unspecified atom stereocenters. The molecule has 33 heavy (non-hydrogen) atoms. The van der Waals surface area contributed by atoms with Crippen LogP contribution in [0.3, 0.4) is 0 Å². The molecule has 0 fully saturated rings. The van der Waals surface area contributed by atoms with Crippen molar-refractivity contribution in [2.45, 2.75) is 149 Å². The molecular formula is C30H53NO2. The summed E-state index contributed by atoms with van der Waals surface area (Å²) < 4.78 is 5.30. The highest BCUT2D eigenvalue weighted by Gasteiger charge is 2.04. The average molecular weight is 460 g/mol. The first-order chi connectivity index (χ1) is 16.2. The largest absolute Gasteiger partial charge is 0.461 e. The first kappa shape index (κ1) is 29.7. The maximum Gasteiger partial charge on any atom is 0.306 e. The number of pyridine rings is 1. The predicted octanol–water partition coefficient (Wildman–Crippen LogP) is 9.58. The Hall–Kier alpha value is -1.38. The lowest BCUT2D eigenvalue weighted by atomic mass is 9.96. The number of hydrogen-bond acceptors (Lipinski definition) is 3. The maximum absolute atomic E-state index is 11.8. The Morgan fingerprint density at radius 3 is 1.82 bits per heavy atom. The van der Waals surface area contributed by atoms with Gasteiger partial charge >= 0.3 is 5.97 Å². The molecule has 1 rings (SSSR count). The lowest BCUT2D eigenvalue weighted by molar-refractivity contribution is -0.145. The molecule has 0 aromatic carbocycles. The number of unbranched alkanes of at least 4 members (excludes halogenated alkanes) is 15. The fourth-order valence-corrected chi connectivity index (χ4v) is 4.49. The number of aromatic nitrogens is 1. The summed E-state index contributed by atoms with van der Waals surface area (Å²) in [5.41, 5.74) is 0.948. The average Bonchev–Trinajstić information content (AvgIpc) is 2.83. The van der Waals surface area contributed by atoms with Crippen molar-refractivity contribution < 1.29 is 9.53 Å². The summed E-state index contributed by atoms with van der Waals surface area (Å²) in [6.45, 7) is 5.09. The predicted molar refractivity (Wildman–Crippen MR) is 141 cm³/mol. The lowest BCUT2D eigenvalue weighted by Gasteiger charge is -2.11. The standard InChI is InChI=1S/C30H53NO2/c1-3-4-5-6-14-17-21-28(2)22-18-15-12-10-8-7-9-11-13-16-19-24-30(32)33-27-29-23-20-25-31-26-29/h20,23,25-26,28H,3-19,21-22,24,27H2,1-2H3. The van der Waals surface area contributed by atoms with Gasteiger partial charge in [0, 0.05) is 24.4 Å². The second kappa shape index (κ2) is 22.4. The molecule has 1 atom stereocenters. The van der Waals surface area contributed by atoms with Crippen LogP contribution in [-0.2, 0) is 16.1 Å². The van der Waals surface area contributed by atoms with Gasteiger partial charge in [-0.15, -0.1) is 0 Å². The van der Waals surface area contributed by atoms with E-state index < -0.39 is 0 Å². The molecule has 1 aromatic heterocycles. The molecule has 0 amide bonds. The van der Waals surface area contributed by atoms with Crippen LogP contribution in [0.1, 0.15) is 148 Å². The van der Waals surface area contributed by atoms with Gasteiger partial charge in [0.15, 0.2) is 0 Å². The maximum atomic E-state index is 11.8. The van der Waals surface area contributed by atoms with Crippen molar-refractivity contribution in [3.63, 3.8) is 0 Å². The number of ether oxygens (including phenoxy) is 1. The minimum Gasteiger partial charge on any atom is -0.461 e. The highest BCUT2D eigenvalue weighted by atomic mass is 16.5. The third-order valence-electron chi connectivity index (χ3n) is 6.75. The molecular weight excluding hydrogens is 406 g/mol.